The highest BCUT2D eigenvalue weighted by Gasteiger charge is 2.44. The van der Waals surface area contributed by atoms with Crippen LogP contribution in [0.4, 0.5) is 34.1 Å². The molecule has 3 aliphatic rings. The highest BCUT2D eigenvalue weighted by molar-refractivity contribution is 7.96. The van der Waals surface area contributed by atoms with Crippen molar-refractivity contribution in [1.29, 1.82) is 0 Å². The number of benzene rings is 9. The predicted octanol–water partition coefficient (Wildman–Crippen LogP) is 13.0. The summed E-state index contributed by atoms with van der Waals surface area (Å²) in [6, 6.07) is 67.6. The molecule has 0 unspecified atom stereocenters. The van der Waals surface area contributed by atoms with E-state index in [1.807, 2.05) is 188 Å². The third kappa shape index (κ3) is 5.80. The van der Waals surface area contributed by atoms with Crippen molar-refractivity contribution in [2.75, 3.05) is 9.80 Å². The molecule has 0 spiro atoms. The van der Waals surface area contributed by atoms with Gasteiger partial charge in [-0.05, 0) is 119 Å². The van der Waals surface area contributed by atoms with Crippen LogP contribution in [0, 0.1) is 0 Å². The lowest BCUT2D eigenvalue weighted by Gasteiger charge is -2.33. The summed E-state index contributed by atoms with van der Waals surface area (Å²) in [6.07, 6.45) is 0. The Morgan fingerprint density at radius 3 is 1.08 bits per heavy atom. The number of fused-ring (bicyclic) bond motifs is 6. The lowest BCUT2D eigenvalue weighted by molar-refractivity contribution is 0.477. The van der Waals surface area contributed by atoms with Crippen molar-refractivity contribution in [2.45, 2.75) is 9.79 Å². The van der Waals surface area contributed by atoms with Gasteiger partial charge in [0.2, 0.25) is 9.84 Å². The third-order valence-electron chi connectivity index (χ3n) is 12.1. The van der Waals surface area contributed by atoms with Crippen LogP contribution in [0.15, 0.2) is 222 Å². The SMILES string of the molecule is O=P1(c2ccccc2)c2ccc(-c3ccc(N4c5ccccc5Oc5ccccc54)cc3)cc2S(=O)(=O)c2cc(-c3ccc(N4c5ccccc5Oc5ccccc54)cc3)ccc21. The topological polar surface area (TPSA) is 76.2 Å². The van der Waals surface area contributed by atoms with E-state index < -0.39 is 17.0 Å². The van der Waals surface area contributed by atoms with E-state index in [9.17, 15) is 0 Å². The van der Waals surface area contributed by atoms with Crippen molar-refractivity contribution in [3.8, 4) is 45.3 Å². The molecular formula is C54H35N2O5PS. The van der Waals surface area contributed by atoms with Crippen LogP contribution >= 0.6 is 7.14 Å². The van der Waals surface area contributed by atoms with Gasteiger partial charge in [0.05, 0.1) is 32.5 Å². The molecule has 0 N–H and O–H groups in total. The zero-order valence-corrected chi connectivity index (χ0v) is 35.2. The Labute approximate surface area is 365 Å². The van der Waals surface area contributed by atoms with Gasteiger partial charge >= 0.3 is 0 Å². The number of rotatable bonds is 5. The molecule has 0 fully saturated rings. The fourth-order valence-corrected chi connectivity index (χ4v) is 14.8. The highest BCUT2D eigenvalue weighted by Crippen LogP contribution is 2.54. The Balaban J connectivity index is 0.936. The quantitative estimate of drug-likeness (QED) is 0.160. The van der Waals surface area contributed by atoms with Gasteiger partial charge in [0.1, 0.15) is 0 Å². The summed E-state index contributed by atoms with van der Waals surface area (Å²) in [4.78, 5) is 4.43. The van der Waals surface area contributed by atoms with Crippen LogP contribution in [0.2, 0.25) is 0 Å². The molecular weight excluding hydrogens is 820 g/mol. The summed E-state index contributed by atoms with van der Waals surface area (Å²) in [5.41, 5.74) is 8.58. The van der Waals surface area contributed by atoms with Gasteiger partial charge in [0, 0.05) is 27.3 Å². The Morgan fingerprint density at radius 2 is 0.698 bits per heavy atom. The highest BCUT2D eigenvalue weighted by atomic mass is 32.2. The zero-order chi connectivity index (χ0) is 42.3. The molecule has 9 aromatic carbocycles. The smallest absolute Gasteiger partial charge is 0.208 e. The number of hydrogen-bond donors (Lipinski definition) is 0. The molecule has 0 atom stereocenters. The number of para-hydroxylation sites is 8. The first-order valence-electron chi connectivity index (χ1n) is 20.6. The van der Waals surface area contributed by atoms with E-state index in [0.717, 1.165) is 68.2 Å². The largest absolute Gasteiger partial charge is 0.453 e. The van der Waals surface area contributed by atoms with Gasteiger partial charge < -0.3 is 23.8 Å². The van der Waals surface area contributed by atoms with Crippen LogP contribution < -0.4 is 35.2 Å². The number of hydrogen-bond acceptors (Lipinski definition) is 7. The lowest BCUT2D eigenvalue weighted by Crippen LogP contribution is -2.36. The minimum Gasteiger partial charge on any atom is -0.453 e. The normalized spacial score (nSPS) is 14.7. The lowest BCUT2D eigenvalue weighted by atomic mass is 10.0. The van der Waals surface area contributed by atoms with Gasteiger partial charge in [0.15, 0.2) is 30.1 Å². The zero-order valence-electron chi connectivity index (χ0n) is 33.5. The summed E-state index contributed by atoms with van der Waals surface area (Å²) in [7, 11) is -7.78. The molecule has 7 nitrogen and oxygen atoms in total. The molecule has 3 aliphatic heterocycles. The molecule has 0 radical (unpaired) electrons. The van der Waals surface area contributed by atoms with Crippen molar-refractivity contribution < 1.29 is 22.5 Å². The van der Waals surface area contributed by atoms with Crippen LogP contribution in [-0.4, -0.2) is 8.42 Å². The van der Waals surface area contributed by atoms with Crippen LogP contribution in [0.1, 0.15) is 0 Å². The average molecular weight is 855 g/mol. The second-order valence-corrected chi connectivity index (χ2v) is 20.2. The summed E-state index contributed by atoms with van der Waals surface area (Å²) in [5, 5.41) is 1.20. The van der Waals surface area contributed by atoms with E-state index in [-0.39, 0.29) is 9.79 Å². The molecule has 302 valence electrons. The van der Waals surface area contributed by atoms with Crippen LogP contribution in [0.25, 0.3) is 22.3 Å². The molecule has 9 heteroatoms. The molecule has 12 rings (SSSR count). The second kappa shape index (κ2) is 14.2. The first-order valence-corrected chi connectivity index (χ1v) is 23.8. The molecule has 0 aromatic heterocycles. The minimum atomic E-state index is -4.14. The molecule has 9 aromatic rings. The van der Waals surface area contributed by atoms with Gasteiger partial charge in [-0.15, -0.1) is 0 Å². The van der Waals surface area contributed by atoms with Gasteiger partial charge in [-0.3, -0.25) is 0 Å². The van der Waals surface area contributed by atoms with Crippen molar-refractivity contribution in [2.24, 2.45) is 0 Å². The van der Waals surface area contributed by atoms with Gasteiger partial charge in [-0.25, -0.2) is 8.42 Å². The second-order valence-electron chi connectivity index (χ2n) is 15.7. The summed E-state index contributed by atoms with van der Waals surface area (Å²) < 4.78 is 58.3. The molecule has 0 amide bonds. The predicted molar refractivity (Wildman–Crippen MR) is 252 cm³/mol. The van der Waals surface area contributed by atoms with Gasteiger partial charge in [0.25, 0.3) is 0 Å². The van der Waals surface area contributed by atoms with E-state index >= 15 is 13.0 Å². The number of sulfone groups is 1. The van der Waals surface area contributed by atoms with Crippen molar-refractivity contribution in [3.05, 3.63) is 212 Å². The van der Waals surface area contributed by atoms with Crippen LogP contribution in [-0.2, 0) is 14.4 Å². The standard InChI is InChI=1S/C54H35N2O5PS/c57-62(42-12-2-1-3-13-42)51-32-26-38(36-22-28-40(29-23-36)55-43-14-4-8-18-47(43)60-48-19-9-5-15-44(48)55)34-53(51)63(58,59)54-35-39(27-33-52(54)62)37-24-30-41(31-25-37)56-45-16-6-10-20-49(45)61-50-21-11-7-17-46(50)56/h1-35H. The number of anilines is 6. The average Bonchev–Trinajstić information content (AvgIpc) is 3.34. The van der Waals surface area contributed by atoms with E-state index in [2.05, 4.69) is 9.80 Å². The third-order valence-corrected chi connectivity index (χ3v) is 17.4. The van der Waals surface area contributed by atoms with Crippen molar-refractivity contribution in [1.82, 2.24) is 0 Å². The van der Waals surface area contributed by atoms with Gasteiger partial charge in [-0.1, -0.05) is 115 Å². The van der Waals surface area contributed by atoms with E-state index in [0.29, 0.717) is 27.0 Å². The molecule has 3 heterocycles. The molecule has 0 saturated carbocycles. The summed E-state index contributed by atoms with van der Waals surface area (Å²) >= 11 is 0. The first-order chi connectivity index (χ1) is 30.9. The number of ether oxygens (including phenoxy) is 2. The maximum atomic E-state index is 15.8. The maximum absolute atomic E-state index is 15.8. The van der Waals surface area contributed by atoms with Gasteiger partial charge in [-0.2, -0.15) is 0 Å². The maximum Gasteiger partial charge on any atom is 0.208 e. The molecule has 0 aliphatic carbocycles. The monoisotopic (exact) mass is 854 g/mol. The minimum absolute atomic E-state index is 0.0527. The summed E-state index contributed by atoms with van der Waals surface area (Å²) in [5.74, 6) is 3.03. The molecule has 0 bridgehead atoms. The van der Waals surface area contributed by atoms with Crippen molar-refractivity contribution in [3.63, 3.8) is 0 Å². The van der Waals surface area contributed by atoms with E-state index in [4.69, 9.17) is 9.47 Å². The van der Waals surface area contributed by atoms with Crippen LogP contribution in [0.3, 0.4) is 0 Å². The fraction of sp³-hybridized carbons (Fsp3) is 0. The molecule has 63 heavy (non-hydrogen) atoms. The van der Waals surface area contributed by atoms with E-state index in [1.165, 1.54) is 0 Å². The Hall–Kier alpha value is -7.64. The fourth-order valence-electron chi connectivity index (χ4n) is 9.07. The Kier molecular flexibility index (Phi) is 8.38. The number of nitrogens with zero attached hydrogens (tertiary/aromatic N) is 2. The Morgan fingerprint density at radius 1 is 0.365 bits per heavy atom. The Bertz CT molecular complexity index is 3170. The van der Waals surface area contributed by atoms with Crippen molar-refractivity contribution >= 4 is 67.0 Å². The summed E-state index contributed by atoms with van der Waals surface area (Å²) in [6.45, 7) is 0. The molecule has 0 saturated heterocycles. The van der Waals surface area contributed by atoms with E-state index in [1.54, 1.807) is 24.3 Å². The van der Waals surface area contributed by atoms with Crippen LogP contribution in [0.5, 0.6) is 23.0 Å². The first kappa shape index (κ1) is 37.1.